The summed E-state index contributed by atoms with van der Waals surface area (Å²) in [5, 5.41) is 3.78. The molecule has 3 heterocycles. The topological polar surface area (TPSA) is 112 Å². The van der Waals surface area contributed by atoms with Crippen molar-refractivity contribution in [2.75, 3.05) is 0 Å². The number of aryl methyl sites for hydroxylation is 2. The molecule has 0 radical (unpaired) electrons. The Morgan fingerprint density at radius 3 is 2.37 bits per heavy atom. The maximum Gasteiger partial charge on any atom is 0.439 e. The highest BCUT2D eigenvalue weighted by atomic mass is 19.1. The number of aromatic amines is 1. The Morgan fingerprint density at radius 2 is 1.72 bits per heavy atom. The average Bonchev–Trinajstić information content (AvgIpc) is 3.46. The van der Waals surface area contributed by atoms with Gasteiger partial charge in [-0.3, -0.25) is 18.9 Å². The second-order valence-electron chi connectivity index (χ2n) is 11.9. The van der Waals surface area contributed by atoms with Gasteiger partial charge in [-0.2, -0.15) is 0 Å². The van der Waals surface area contributed by atoms with Gasteiger partial charge in [0.2, 0.25) is 0 Å². The van der Waals surface area contributed by atoms with Gasteiger partial charge >= 0.3 is 5.76 Å². The van der Waals surface area contributed by atoms with Crippen LogP contribution < -0.4 is 16.1 Å². The fourth-order valence-corrected chi connectivity index (χ4v) is 6.32. The van der Waals surface area contributed by atoms with Crippen molar-refractivity contribution in [1.82, 2.24) is 19.7 Å². The molecule has 0 saturated carbocycles. The minimum absolute atomic E-state index is 0.00124. The van der Waals surface area contributed by atoms with Gasteiger partial charge in [0, 0.05) is 24.8 Å². The molecule has 2 unspecified atom stereocenters. The Hall–Kier alpha value is -4.83. The molecule has 1 N–H and O–H groups in total. The second-order valence-corrected chi connectivity index (χ2v) is 11.9. The number of H-pyrrole nitrogens is 1. The SMILES string of the molecule is CCCc1nc(C)n(-c2ccc(OC3CC(C)OC(C)C3)cc2)c(=O)c1Cc1ccc(-c2ccccc2)c(-c2noc(=O)[nH]2)c1F. The number of ether oxygens (including phenoxy) is 2. The van der Waals surface area contributed by atoms with Gasteiger partial charge in [0.25, 0.3) is 5.56 Å². The van der Waals surface area contributed by atoms with Crippen LogP contribution >= 0.6 is 0 Å². The lowest BCUT2D eigenvalue weighted by atomic mass is 9.93. The summed E-state index contributed by atoms with van der Waals surface area (Å²) in [6, 6.07) is 20.1. The largest absolute Gasteiger partial charge is 0.490 e. The fraction of sp³-hybridized carbons (Fsp3) is 0.333. The van der Waals surface area contributed by atoms with Crippen molar-refractivity contribution in [2.24, 2.45) is 0 Å². The molecular formula is C36H37FN4O5. The van der Waals surface area contributed by atoms with E-state index in [1.165, 1.54) is 0 Å². The van der Waals surface area contributed by atoms with Gasteiger partial charge in [0.05, 0.1) is 29.2 Å². The lowest BCUT2D eigenvalue weighted by molar-refractivity contribution is -0.0721. The van der Waals surface area contributed by atoms with Crippen molar-refractivity contribution < 1.29 is 18.4 Å². The van der Waals surface area contributed by atoms with Crippen molar-refractivity contribution in [3.8, 4) is 34.0 Å². The molecule has 46 heavy (non-hydrogen) atoms. The minimum Gasteiger partial charge on any atom is -0.490 e. The monoisotopic (exact) mass is 624 g/mol. The predicted molar refractivity (Wildman–Crippen MR) is 173 cm³/mol. The fourth-order valence-electron chi connectivity index (χ4n) is 6.32. The molecule has 2 atom stereocenters. The van der Waals surface area contributed by atoms with Gasteiger partial charge in [0.1, 0.15) is 23.5 Å². The number of nitrogens with one attached hydrogen (secondary N) is 1. The van der Waals surface area contributed by atoms with Gasteiger partial charge in [0.15, 0.2) is 5.82 Å². The first-order valence-electron chi connectivity index (χ1n) is 15.7. The normalized spacial score (nSPS) is 18.1. The Kier molecular flexibility index (Phi) is 8.99. The van der Waals surface area contributed by atoms with Crippen LogP contribution in [0.15, 0.2) is 80.8 Å². The smallest absolute Gasteiger partial charge is 0.439 e. The number of hydrogen-bond acceptors (Lipinski definition) is 7. The third-order valence-corrected chi connectivity index (χ3v) is 8.32. The number of benzene rings is 3. The number of nitrogens with zero attached hydrogens (tertiary/aromatic N) is 3. The third kappa shape index (κ3) is 6.44. The molecule has 0 aliphatic carbocycles. The lowest BCUT2D eigenvalue weighted by Gasteiger charge is -2.32. The summed E-state index contributed by atoms with van der Waals surface area (Å²) in [6.45, 7) is 7.92. The zero-order chi connectivity index (χ0) is 32.4. The summed E-state index contributed by atoms with van der Waals surface area (Å²) in [6.07, 6.45) is 3.27. The zero-order valence-corrected chi connectivity index (χ0v) is 26.4. The molecule has 3 aromatic carbocycles. The number of rotatable bonds is 9. The number of aromatic nitrogens is 4. The highest BCUT2D eigenvalue weighted by Crippen LogP contribution is 2.35. The Balaban J connectivity index is 1.38. The maximum atomic E-state index is 16.5. The summed E-state index contributed by atoms with van der Waals surface area (Å²) < 4.78 is 34.8. The Bertz CT molecular complexity index is 1940. The van der Waals surface area contributed by atoms with E-state index >= 15 is 4.39 Å². The summed E-state index contributed by atoms with van der Waals surface area (Å²) in [5.41, 5.74) is 3.05. The molecule has 1 aliphatic heterocycles. The van der Waals surface area contributed by atoms with Crippen LogP contribution in [0.1, 0.15) is 62.7 Å². The van der Waals surface area contributed by atoms with Gasteiger partial charge < -0.3 is 9.47 Å². The summed E-state index contributed by atoms with van der Waals surface area (Å²) >= 11 is 0. The molecule has 10 heteroatoms. The van der Waals surface area contributed by atoms with Crippen LogP contribution in [0, 0.1) is 12.7 Å². The highest BCUT2D eigenvalue weighted by Gasteiger charge is 2.26. The van der Waals surface area contributed by atoms with Crippen LogP contribution in [-0.2, 0) is 17.6 Å². The molecule has 1 fully saturated rings. The predicted octanol–water partition coefficient (Wildman–Crippen LogP) is 6.57. The van der Waals surface area contributed by atoms with E-state index in [9.17, 15) is 9.59 Å². The number of halogens is 1. The summed E-state index contributed by atoms with van der Waals surface area (Å²) in [7, 11) is 0. The molecule has 238 valence electrons. The van der Waals surface area contributed by atoms with Crippen molar-refractivity contribution in [3.63, 3.8) is 0 Å². The molecule has 2 aromatic heterocycles. The minimum atomic E-state index is -0.789. The molecule has 0 amide bonds. The van der Waals surface area contributed by atoms with E-state index in [-0.39, 0.29) is 47.2 Å². The van der Waals surface area contributed by atoms with Crippen LogP contribution in [0.3, 0.4) is 0 Å². The van der Waals surface area contributed by atoms with E-state index < -0.39 is 11.6 Å². The van der Waals surface area contributed by atoms with Crippen molar-refractivity contribution in [2.45, 2.75) is 78.1 Å². The first-order chi connectivity index (χ1) is 22.2. The van der Waals surface area contributed by atoms with Gasteiger partial charge in [-0.1, -0.05) is 61.0 Å². The quantitative estimate of drug-likeness (QED) is 0.197. The lowest BCUT2D eigenvalue weighted by Crippen LogP contribution is -2.35. The second kappa shape index (κ2) is 13.3. The van der Waals surface area contributed by atoms with E-state index in [1.54, 1.807) is 23.6 Å². The van der Waals surface area contributed by atoms with Crippen molar-refractivity contribution >= 4 is 0 Å². The van der Waals surface area contributed by atoms with Crippen LogP contribution in [0.2, 0.25) is 0 Å². The molecular weight excluding hydrogens is 587 g/mol. The third-order valence-electron chi connectivity index (χ3n) is 8.32. The van der Waals surface area contributed by atoms with Gasteiger partial charge in [-0.25, -0.2) is 14.2 Å². The molecule has 5 aromatic rings. The molecule has 0 spiro atoms. The zero-order valence-electron chi connectivity index (χ0n) is 26.4. The van der Waals surface area contributed by atoms with E-state index in [1.807, 2.05) is 61.5 Å². The van der Waals surface area contributed by atoms with E-state index in [2.05, 4.69) is 24.0 Å². The Labute approximate surface area is 266 Å². The van der Waals surface area contributed by atoms with Crippen LogP contribution in [-0.4, -0.2) is 38.0 Å². The molecule has 9 nitrogen and oxygen atoms in total. The summed E-state index contributed by atoms with van der Waals surface area (Å²) in [4.78, 5) is 33.4. The molecule has 1 saturated heterocycles. The average molecular weight is 625 g/mol. The molecule has 0 bridgehead atoms. The molecule has 6 rings (SSSR count). The van der Waals surface area contributed by atoms with Gasteiger partial charge in [-0.15, -0.1) is 0 Å². The van der Waals surface area contributed by atoms with Crippen LogP contribution in [0.25, 0.3) is 28.2 Å². The van der Waals surface area contributed by atoms with E-state index in [0.717, 1.165) is 30.6 Å². The summed E-state index contributed by atoms with van der Waals surface area (Å²) in [5.74, 6) is -0.154. The van der Waals surface area contributed by atoms with Gasteiger partial charge in [-0.05, 0) is 68.1 Å². The van der Waals surface area contributed by atoms with Crippen molar-refractivity contribution in [3.05, 3.63) is 116 Å². The number of hydrogen-bond donors (Lipinski definition) is 1. The van der Waals surface area contributed by atoms with Crippen LogP contribution in [0.5, 0.6) is 5.75 Å². The van der Waals surface area contributed by atoms with E-state index in [4.69, 9.17) is 19.0 Å². The standard InChI is InChI=1S/C36H37FN4O5/c1-5-9-31-30(20-25-12-17-29(24-10-7-6-8-11-24)32(33(25)37)34-39-36(43)46-40-34)35(42)41(23(4)38-31)26-13-15-27(16-14-26)45-28-18-21(2)44-22(3)19-28/h6-8,10-17,21-22,28H,5,9,18-20H2,1-4H3,(H,39,40,43). The molecule has 1 aliphatic rings. The maximum absolute atomic E-state index is 16.5. The first kappa shape index (κ1) is 31.2. The first-order valence-corrected chi connectivity index (χ1v) is 15.7. The van der Waals surface area contributed by atoms with Crippen molar-refractivity contribution in [1.29, 1.82) is 0 Å². The highest BCUT2D eigenvalue weighted by molar-refractivity contribution is 5.81. The van der Waals surface area contributed by atoms with Crippen LogP contribution in [0.4, 0.5) is 4.39 Å². The Morgan fingerprint density at radius 1 is 1.00 bits per heavy atom. The van der Waals surface area contributed by atoms with E-state index in [0.29, 0.717) is 34.8 Å².